The van der Waals surface area contributed by atoms with Crippen LogP contribution in [-0.2, 0) is 4.79 Å². The number of anilines is 1. The number of benzene rings is 1. The first-order valence-electron chi connectivity index (χ1n) is 10.1. The molecule has 0 bridgehead atoms. The average molecular weight is 399 g/mol. The highest BCUT2D eigenvalue weighted by molar-refractivity contribution is 5.82. The Morgan fingerprint density at radius 1 is 1.17 bits per heavy atom. The summed E-state index contributed by atoms with van der Waals surface area (Å²) in [5.74, 6) is 0.922. The zero-order valence-corrected chi connectivity index (χ0v) is 16.4. The first kappa shape index (κ1) is 18.3. The van der Waals surface area contributed by atoms with Gasteiger partial charge in [0.2, 0.25) is 5.91 Å². The Morgan fingerprint density at radius 2 is 2.03 bits per heavy atom. The van der Waals surface area contributed by atoms with Gasteiger partial charge in [0.1, 0.15) is 5.82 Å². The largest absolute Gasteiger partial charge is 0.356 e. The second-order valence-electron chi connectivity index (χ2n) is 7.65. The quantitative estimate of drug-likeness (QED) is 0.676. The van der Waals surface area contributed by atoms with Gasteiger partial charge < -0.3 is 4.90 Å². The van der Waals surface area contributed by atoms with Crippen LogP contribution in [0.25, 0.3) is 5.65 Å². The van der Waals surface area contributed by atoms with Gasteiger partial charge in [-0.05, 0) is 36.6 Å². The number of piperidine rings is 1. The third-order valence-corrected chi connectivity index (χ3v) is 5.87. The number of nitriles is 1. The summed E-state index contributed by atoms with van der Waals surface area (Å²) in [4.78, 5) is 20.1. The average Bonchev–Trinajstić information content (AvgIpc) is 3.48. The van der Waals surface area contributed by atoms with Crippen molar-refractivity contribution in [2.24, 2.45) is 11.0 Å². The summed E-state index contributed by atoms with van der Waals surface area (Å²) in [7, 11) is 0. The minimum Gasteiger partial charge on any atom is -0.356 e. The van der Waals surface area contributed by atoms with Crippen LogP contribution in [0.3, 0.4) is 0 Å². The molecule has 0 spiro atoms. The minimum absolute atomic E-state index is 0.0585. The second-order valence-corrected chi connectivity index (χ2v) is 7.65. The predicted octanol–water partition coefficient (Wildman–Crippen LogP) is 2.78. The van der Waals surface area contributed by atoms with Gasteiger partial charge >= 0.3 is 0 Å². The van der Waals surface area contributed by atoms with Crippen molar-refractivity contribution in [3.63, 3.8) is 0 Å². The first-order chi connectivity index (χ1) is 14.7. The fourth-order valence-corrected chi connectivity index (χ4v) is 4.24. The van der Waals surface area contributed by atoms with Gasteiger partial charge in [-0.1, -0.05) is 12.1 Å². The number of amides is 1. The Morgan fingerprint density at radius 3 is 2.87 bits per heavy atom. The predicted molar refractivity (Wildman–Crippen MR) is 112 cm³/mol. The van der Waals surface area contributed by atoms with Gasteiger partial charge in [0.15, 0.2) is 5.65 Å². The van der Waals surface area contributed by atoms with E-state index in [2.05, 4.69) is 26.2 Å². The molecule has 1 aromatic carbocycles. The van der Waals surface area contributed by atoms with Crippen LogP contribution in [0.4, 0.5) is 5.82 Å². The Kier molecular flexibility index (Phi) is 4.64. The molecule has 0 aliphatic carbocycles. The molecule has 0 saturated carbocycles. The molecule has 8 heteroatoms. The fourth-order valence-electron chi connectivity index (χ4n) is 4.24. The standard InChI is InChI=1S/C22H21N7O/c23-15-16-2-1-3-18(14-16)19-4-9-25-29(19)22(30)17-6-11-27(12-7-17)20-8-13-28-21(26-20)5-10-24-28/h1-3,5,8-10,13-14,17,19H,4,6-7,11-12H2. The van der Waals surface area contributed by atoms with Crippen molar-refractivity contribution in [2.75, 3.05) is 18.0 Å². The van der Waals surface area contributed by atoms with Crippen molar-refractivity contribution in [3.8, 4) is 6.07 Å². The normalized spacial score (nSPS) is 19.4. The summed E-state index contributed by atoms with van der Waals surface area (Å²) in [6.07, 6.45) is 7.64. The molecule has 1 atom stereocenters. The highest BCUT2D eigenvalue weighted by atomic mass is 16.2. The summed E-state index contributed by atoms with van der Waals surface area (Å²) in [5, 5.41) is 19.3. The Bertz CT molecular complexity index is 1150. The third-order valence-electron chi connectivity index (χ3n) is 5.87. The summed E-state index contributed by atoms with van der Waals surface area (Å²) >= 11 is 0. The number of aromatic nitrogens is 3. The van der Waals surface area contributed by atoms with Crippen LogP contribution >= 0.6 is 0 Å². The summed E-state index contributed by atoms with van der Waals surface area (Å²) in [5.41, 5.74) is 2.37. The van der Waals surface area contributed by atoms with Crippen molar-refractivity contribution in [3.05, 3.63) is 59.9 Å². The van der Waals surface area contributed by atoms with Crippen molar-refractivity contribution >= 4 is 23.6 Å². The number of hydrogen-bond donors (Lipinski definition) is 0. The molecule has 1 amide bonds. The van der Waals surface area contributed by atoms with Gasteiger partial charge in [-0.15, -0.1) is 0 Å². The molecule has 2 aliphatic rings. The van der Waals surface area contributed by atoms with E-state index in [4.69, 9.17) is 0 Å². The minimum atomic E-state index is -0.130. The maximum atomic E-state index is 13.2. The molecular formula is C22H21N7O. The van der Waals surface area contributed by atoms with Gasteiger partial charge in [-0.25, -0.2) is 14.5 Å². The first-order valence-corrected chi connectivity index (χ1v) is 10.1. The molecule has 8 nitrogen and oxygen atoms in total. The topological polar surface area (TPSA) is 89.9 Å². The highest BCUT2D eigenvalue weighted by Gasteiger charge is 2.35. The van der Waals surface area contributed by atoms with Crippen molar-refractivity contribution < 1.29 is 4.79 Å². The van der Waals surface area contributed by atoms with Crippen LogP contribution in [0, 0.1) is 17.2 Å². The molecule has 150 valence electrons. The Labute approximate surface area is 174 Å². The molecular weight excluding hydrogens is 378 g/mol. The summed E-state index contributed by atoms with van der Waals surface area (Å²) < 4.78 is 1.74. The molecule has 1 saturated heterocycles. The Balaban J connectivity index is 1.26. The molecule has 5 rings (SSSR count). The van der Waals surface area contributed by atoms with Crippen LogP contribution in [0.15, 0.2) is 53.9 Å². The van der Waals surface area contributed by atoms with Gasteiger partial charge in [0.05, 0.1) is 23.9 Å². The molecule has 3 aromatic rings. The molecule has 1 unspecified atom stereocenters. The van der Waals surface area contributed by atoms with Crippen molar-refractivity contribution in [2.45, 2.75) is 25.3 Å². The number of carbonyl (C=O) groups is 1. The zero-order valence-electron chi connectivity index (χ0n) is 16.4. The van der Waals surface area contributed by atoms with E-state index in [0.29, 0.717) is 12.0 Å². The number of rotatable bonds is 3. The lowest BCUT2D eigenvalue weighted by molar-refractivity contribution is -0.138. The van der Waals surface area contributed by atoms with Crippen LogP contribution in [0.2, 0.25) is 0 Å². The highest BCUT2D eigenvalue weighted by Crippen LogP contribution is 2.32. The van der Waals surface area contributed by atoms with E-state index in [0.717, 1.165) is 43.0 Å². The van der Waals surface area contributed by atoms with E-state index < -0.39 is 0 Å². The van der Waals surface area contributed by atoms with E-state index in [1.165, 1.54) is 0 Å². The van der Waals surface area contributed by atoms with Gasteiger partial charge in [-0.2, -0.15) is 15.5 Å². The molecule has 0 radical (unpaired) electrons. The van der Waals surface area contributed by atoms with Crippen LogP contribution in [-0.4, -0.2) is 44.8 Å². The van der Waals surface area contributed by atoms with E-state index >= 15 is 0 Å². The molecule has 0 N–H and O–H groups in total. The van der Waals surface area contributed by atoms with Crippen LogP contribution in [0.5, 0.6) is 0 Å². The lowest BCUT2D eigenvalue weighted by Crippen LogP contribution is -2.41. The number of fused-ring (bicyclic) bond motifs is 1. The molecule has 2 aliphatic heterocycles. The van der Waals surface area contributed by atoms with Gasteiger partial charge in [0.25, 0.3) is 0 Å². The fraction of sp³-hybridized carbons (Fsp3) is 0.318. The maximum absolute atomic E-state index is 13.2. The summed E-state index contributed by atoms with van der Waals surface area (Å²) in [6.45, 7) is 1.56. The molecule has 1 fully saturated rings. The van der Waals surface area contributed by atoms with E-state index in [-0.39, 0.29) is 17.9 Å². The monoisotopic (exact) mass is 399 g/mol. The van der Waals surface area contributed by atoms with Crippen LogP contribution < -0.4 is 4.90 Å². The van der Waals surface area contributed by atoms with E-state index in [9.17, 15) is 10.1 Å². The maximum Gasteiger partial charge on any atom is 0.246 e. The van der Waals surface area contributed by atoms with Crippen LogP contribution in [0.1, 0.15) is 36.4 Å². The zero-order chi connectivity index (χ0) is 20.5. The van der Waals surface area contributed by atoms with Crippen molar-refractivity contribution in [1.29, 1.82) is 5.26 Å². The van der Waals surface area contributed by atoms with Crippen molar-refractivity contribution in [1.82, 2.24) is 19.6 Å². The SMILES string of the molecule is N#Cc1cccc(C2CC=NN2C(=O)C2CCN(c3ccn4nccc4n3)CC2)c1. The second kappa shape index (κ2) is 7.59. The Hall–Kier alpha value is -3.73. The lowest BCUT2D eigenvalue weighted by atomic mass is 9.94. The third kappa shape index (κ3) is 3.28. The number of hydrogen-bond acceptors (Lipinski definition) is 6. The molecule has 30 heavy (non-hydrogen) atoms. The summed E-state index contributed by atoms with van der Waals surface area (Å²) in [6, 6.07) is 13.3. The van der Waals surface area contributed by atoms with Gasteiger partial charge in [-0.3, -0.25) is 4.79 Å². The van der Waals surface area contributed by atoms with Gasteiger partial charge in [0, 0.05) is 43.9 Å². The molecule has 4 heterocycles. The number of nitrogens with zero attached hydrogens (tertiary/aromatic N) is 7. The number of hydrazone groups is 1. The van der Waals surface area contributed by atoms with E-state index in [1.54, 1.807) is 28.0 Å². The lowest BCUT2D eigenvalue weighted by Gasteiger charge is -2.34. The smallest absolute Gasteiger partial charge is 0.246 e. The molecule has 2 aromatic heterocycles. The van der Waals surface area contributed by atoms with E-state index in [1.807, 2.05) is 36.5 Å². The number of carbonyl (C=O) groups excluding carboxylic acids is 1.